The predicted molar refractivity (Wildman–Crippen MR) is 183 cm³/mol. The number of carbonyl (C=O) groups is 7. The summed E-state index contributed by atoms with van der Waals surface area (Å²) in [6, 6.07) is 5.94. The second-order valence-corrected chi connectivity index (χ2v) is 13.2. The van der Waals surface area contributed by atoms with Crippen LogP contribution in [-0.4, -0.2) is 122 Å². The Balaban J connectivity index is 0.000000317. The molecule has 52 heavy (non-hydrogen) atoms. The zero-order valence-corrected chi connectivity index (χ0v) is 28.6. The summed E-state index contributed by atoms with van der Waals surface area (Å²) in [4.78, 5) is 88.3. The Morgan fingerprint density at radius 2 is 1.27 bits per heavy atom. The van der Waals surface area contributed by atoms with E-state index in [4.69, 9.17) is 25.2 Å². The highest BCUT2D eigenvalue weighted by molar-refractivity contribution is 6.06. The molecule has 5 aliphatic rings. The van der Waals surface area contributed by atoms with Crippen molar-refractivity contribution in [3.05, 3.63) is 60.9 Å². The number of piperazine rings is 1. The van der Waals surface area contributed by atoms with Crippen molar-refractivity contribution in [3.63, 3.8) is 0 Å². The number of amides is 2. The summed E-state index contributed by atoms with van der Waals surface area (Å²) >= 11 is 0. The SMILES string of the molecule is O=C(O)/C=C/C(=O)O.O=C(O)/C=C/C(=O)O.O=C(OC(CN1CCN(c2ccccn2)CC1)CN1C(=O)C2C3C=CC(C3)C2C1=O)C1CCCCC1. The third-order valence-electron chi connectivity index (χ3n) is 9.71. The van der Waals surface area contributed by atoms with Crippen molar-refractivity contribution < 1.29 is 58.7 Å². The number of esters is 1. The molecule has 2 amide bonds. The maximum absolute atomic E-state index is 13.3. The summed E-state index contributed by atoms with van der Waals surface area (Å²) in [6.45, 7) is 4.00. The van der Waals surface area contributed by atoms with Gasteiger partial charge in [0.2, 0.25) is 11.8 Å². The van der Waals surface area contributed by atoms with Gasteiger partial charge in [-0.1, -0.05) is 37.5 Å². The van der Waals surface area contributed by atoms with E-state index in [1.807, 2.05) is 24.4 Å². The first-order valence-electron chi connectivity index (χ1n) is 17.2. The van der Waals surface area contributed by atoms with E-state index >= 15 is 0 Å². The molecule has 4 fully saturated rings. The third kappa shape index (κ3) is 11.1. The average Bonchev–Trinajstić information content (AvgIpc) is 3.82. The average molecular weight is 725 g/mol. The number of allylic oxidation sites excluding steroid dienone is 2. The number of hydrogen-bond donors (Lipinski definition) is 4. The van der Waals surface area contributed by atoms with E-state index in [2.05, 4.69) is 26.9 Å². The minimum Gasteiger partial charge on any atom is -0.478 e. The van der Waals surface area contributed by atoms with Crippen LogP contribution in [0.5, 0.6) is 0 Å². The van der Waals surface area contributed by atoms with Crippen LogP contribution in [0.25, 0.3) is 0 Å². The standard InChI is InChI=1S/C28H36N4O4.2C4H4O4/c33-26-24-20-9-10-21(16-20)25(24)27(34)32(26)18-22(36-28(35)19-6-2-1-3-7-19)17-30-12-14-31(15-13-30)23-8-4-5-11-29-23;2*5-3(6)1-2-4(7)8/h4-5,8-11,19-22,24-25H,1-3,6-7,12-18H2;2*1-2H,(H,5,6)(H,7,8)/b;2*2-1+. The molecule has 6 rings (SSSR count). The number of aromatic nitrogens is 1. The molecule has 16 heteroatoms. The number of likely N-dealkylation sites (tertiary alicyclic amines) is 1. The summed E-state index contributed by atoms with van der Waals surface area (Å²) in [5.74, 6) is -4.48. The Bertz CT molecular complexity index is 1470. The predicted octanol–water partition coefficient (Wildman–Crippen LogP) is 1.93. The van der Waals surface area contributed by atoms with Gasteiger partial charge in [0.1, 0.15) is 11.9 Å². The Morgan fingerprint density at radius 1 is 0.750 bits per heavy atom. The highest BCUT2D eigenvalue weighted by atomic mass is 16.5. The van der Waals surface area contributed by atoms with Gasteiger partial charge in [-0.3, -0.25) is 24.2 Å². The van der Waals surface area contributed by atoms with Crippen LogP contribution in [0.15, 0.2) is 60.9 Å². The van der Waals surface area contributed by atoms with Gasteiger partial charge in [0.15, 0.2) is 0 Å². The van der Waals surface area contributed by atoms with Crippen molar-refractivity contribution in [2.45, 2.75) is 44.6 Å². The topological polar surface area (TPSA) is 232 Å². The quantitative estimate of drug-likeness (QED) is 0.111. The molecule has 2 bridgehead atoms. The number of carboxylic acid groups (broad SMARTS) is 4. The van der Waals surface area contributed by atoms with E-state index in [0.29, 0.717) is 30.8 Å². The van der Waals surface area contributed by atoms with Crippen LogP contribution in [0.3, 0.4) is 0 Å². The Morgan fingerprint density at radius 3 is 1.73 bits per heavy atom. The number of rotatable bonds is 11. The second-order valence-electron chi connectivity index (χ2n) is 13.2. The minimum absolute atomic E-state index is 0.0633. The number of ether oxygens (including phenoxy) is 1. The Kier molecular flexibility index (Phi) is 14.2. The fraction of sp³-hybridized carbons (Fsp3) is 0.500. The second kappa shape index (κ2) is 18.7. The zero-order chi connectivity index (χ0) is 37.8. The van der Waals surface area contributed by atoms with E-state index < -0.39 is 30.0 Å². The van der Waals surface area contributed by atoms with Crippen LogP contribution in [-0.2, 0) is 38.3 Å². The summed E-state index contributed by atoms with van der Waals surface area (Å²) in [6.07, 6.45) is 13.7. The van der Waals surface area contributed by atoms with Gasteiger partial charge in [-0.15, -0.1) is 0 Å². The molecule has 2 saturated carbocycles. The maximum atomic E-state index is 13.3. The van der Waals surface area contributed by atoms with Gasteiger partial charge in [-0.05, 0) is 43.2 Å². The molecule has 2 saturated heterocycles. The van der Waals surface area contributed by atoms with Gasteiger partial charge in [0, 0.05) is 63.2 Å². The van der Waals surface area contributed by atoms with Crippen LogP contribution < -0.4 is 4.90 Å². The Labute approximate surface area is 300 Å². The highest BCUT2D eigenvalue weighted by Crippen LogP contribution is 2.52. The lowest BCUT2D eigenvalue weighted by atomic mass is 9.85. The number of imide groups is 1. The van der Waals surface area contributed by atoms with Crippen molar-refractivity contribution in [2.75, 3.05) is 44.2 Å². The molecule has 16 nitrogen and oxygen atoms in total. The third-order valence-corrected chi connectivity index (χ3v) is 9.71. The van der Waals surface area contributed by atoms with Crippen LogP contribution in [0.4, 0.5) is 5.82 Å². The van der Waals surface area contributed by atoms with Gasteiger partial charge in [-0.25, -0.2) is 24.2 Å². The molecule has 1 aromatic heterocycles. The van der Waals surface area contributed by atoms with Gasteiger partial charge in [0.05, 0.1) is 24.3 Å². The largest absolute Gasteiger partial charge is 0.478 e. The molecule has 0 aromatic carbocycles. The van der Waals surface area contributed by atoms with Crippen molar-refractivity contribution >= 4 is 47.5 Å². The minimum atomic E-state index is -1.26. The smallest absolute Gasteiger partial charge is 0.328 e. The van der Waals surface area contributed by atoms with E-state index in [1.165, 1.54) is 11.3 Å². The molecule has 5 atom stereocenters. The van der Waals surface area contributed by atoms with Gasteiger partial charge < -0.3 is 30.1 Å². The number of anilines is 1. The molecule has 2 aliphatic heterocycles. The number of carbonyl (C=O) groups excluding carboxylic acids is 3. The number of aliphatic carboxylic acids is 4. The van der Waals surface area contributed by atoms with Crippen molar-refractivity contribution in [2.24, 2.45) is 29.6 Å². The first-order chi connectivity index (χ1) is 24.8. The molecule has 0 radical (unpaired) electrons. The number of nitrogens with zero attached hydrogens (tertiary/aromatic N) is 4. The van der Waals surface area contributed by atoms with Gasteiger partial charge >= 0.3 is 29.8 Å². The summed E-state index contributed by atoms with van der Waals surface area (Å²) in [5.41, 5.74) is 0. The lowest BCUT2D eigenvalue weighted by Gasteiger charge is -2.37. The number of hydrogen-bond acceptors (Lipinski definition) is 11. The van der Waals surface area contributed by atoms with Crippen LogP contribution in [0.1, 0.15) is 38.5 Å². The van der Waals surface area contributed by atoms with Crippen molar-refractivity contribution in [3.8, 4) is 0 Å². The molecular weight excluding hydrogens is 680 g/mol. The zero-order valence-electron chi connectivity index (χ0n) is 28.6. The molecule has 4 N–H and O–H groups in total. The Hall–Kier alpha value is -5.38. The van der Waals surface area contributed by atoms with E-state index in [9.17, 15) is 33.6 Å². The summed E-state index contributed by atoms with van der Waals surface area (Å²) < 4.78 is 6.09. The summed E-state index contributed by atoms with van der Waals surface area (Å²) in [7, 11) is 0. The van der Waals surface area contributed by atoms with Crippen LogP contribution in [0.2, 0.25) is 0 Å². The molecule has 1 aromatic rings. The molecular formula is C36H44N4O12. The number of pyridine rings is 1. The van der Waals surface area contributed by atoms with E-state index in [0.717, 1.165) is 64.1 Å². The monoisotopic (exact) mass is 724 g/mol. The highest BCUT2D eigenvalue weighted by Gasteiger charge is 2.59. The molecule has 5 unspecified atom stereocenters. The van der Waals surface area contributed by atoms with Crippen molar-refractivity contribution in [1.29, 1.82) is 0 Å². The molecule has 280 valence electrons. The van der Waals surface area contributed by atoms with Crippen molar-refractivity contribution in [1.82, 2.24) is 14.8 Å². The van der Waals surface area contributed by atoms with Gasteiger partial charge in [-0.2, -0.15) is 0 Å². The van der Waals surface area contributed by atoms with E-state index in [1.54, 1.807) is 0 Å². The summed E-state index contributed by atoms with van der Waals surface area (Å²) in [5, 5.41) is 31.2. The number of carboxylic acids is 4. The normalized spacial score (nSPS) is 24.5. The first-order valence-corrected chi connectivity index (χ1v) is 17.2. The number of fused-ring (bicyclic) bond motifs is 5. The first kappa shape index (κ1) is 39.4. The fourth-order valence-electron chi connectivity index (χ4n) is 7.35. The van der Waals surface area contributed by atoms with E-state index in [-0.39, 0.29) is 53.9 Å². The fourth-order valence-corrected chi connectivity index (χ4v) is 7.35. The van der Waals surface area contributed by atoms with Crippen LogP contribution >= 0.6 is 0 Å². The van der Waals surface area contributed by atoms with Gasteiger partial charge in [0.25, 0.3) is 0 Å². The lowest BCUT2D eigenvalue weighted by molar-refractivity contribution is -0.160. The molecule has 3 heterocycles. The molecule has 0 spiro atoms. The lowest BCUT2D eigenvalue weighted by Crippen LogP contribution is -2.52. The molecule has 3 aliphatic carbocycles. The maximum Gasteiger partial charge on any atom is 0.328 e. The van der Waals surface area contributed by atoms with Crippen LogP contribution in [0, 0.1) is 29.6 Å².